The number of rotatable bonds is 5. The monoisotopic (exact) mass is 344 g/mol. The molecule has 1 atom stereocenters. The smallest absolute Gasteiger partial charge is 0.338 e. The van der Waals surface area contributed by atoms with E-state index in [1.807, 2.05) is 45.0 Å². The Balaban J connectivity index is 2.01. The molecule has 0 fully saturated rings. The van der Waals surface area contributed by atoms with Crippen molar-refractivity contribution in [2.75, 3.05) is 24.3 Å². The van der Waals surface area contributed by atoms with Gasteiger partial charge in [0, 0.05) is 26.8 Å². The second kappa shape index (κ2) is 7.38. The van der Waals surface area contributed by atoms with Crippen LogP contribution in [0.2, 0.25) is 0 Å². The molecule has 1 N–H and O–H groups in total. The predicted octanol–water partition coefficient (Wildman–Crippen LogP) is 2.29. The van der Waals surface area contributed by atoms with Crippen molar-refractivity contribution in [2.45, 2.75) is 26.9 Å². The van der Waals surface area contributed by atoms with Crippen molar-refractivity contribution in [1.29, 1.82) is 0 Å². The number of ether oxygens (including phenoxy) is 1. The van der Waals surface area contributed by atoms with Gasteiger partial charge in [-0.15, -0.1) is 0 Å². The Kier molecular flexibility index (Phi) is 5.46. The summed E-state index contributed by atoms with van der Waals surface area (Å²) in [5.41, 5.74) is 3.57. The lowest BCUT2D eigenvalue weighted by atomic mass is 10.2. The minimum atomic E-state index is -0.917. The van der Waals surface area contributed by atoms with Crippen molar-refractivity contribution < 1.29 is 14.3 Å². The summed E-state index contributed by atoms with van der Waals surface area (Å²) in [4.78, 5) is 26.4. The predicted molar refractivity (Wildman–Crippen MR) is 97.0 cm³/mol. The van der Waals surface area contributed by atoms with Crippen LogP contribution in [0.1, 0.15) is 28.7 Å². The van der Waals surface area contributed by atoms with Crippen molar-refractivity contribution in [3.63, 3.8) is 0 Å². The van der Waals surface area contributed by atoms with E-state index in [1.165, 1.54) is 0 Å². The number of nitrogens with one attached hydrogen (secondary N) is 1. The molecule has 0 radical (unpaired) electrons. The number of carbonyl (C=O) groups is 2. The van der Waals surface area contributed by atoms with Crippen LogP contribution >= 0.6 is 0 Å². The van der Waals surface area contributed by atoms with E-state index in [0.717, 1.165) is 11.4 Å². The number of esters is 1. The second-order valence-corrected chi connectivity index (χ2v) is 6.15. The topological polar surface area (TPSA) is 76.5 Å². The van der Waals surface area contributed by atoms with E-state index in [9.17, 15) is 9.59 Å². The van der Waals surface area contributed by atoms with Crippen LogP contribution in [0, 0.1) is 13.8 Å². The van der Waals surface area contributed by atoms with Crippen LogP contribution in [-0.4, -0.2) is 41.9 Å². The summed E-state index contributed by atoms with van der Waals surface area (Å²) in [7, 11) is 5.64. The zero-order valence-electron chi connectivity index (χ0n) is 15.5. The lowest BCUT2D eigenvalue weighted by molar-refractivity contribution is -0.123. The maximum atomic E-state index is 12.3. The lowest BCUT2D eigenvalue weighted by Crippen LogP contribution is -2.30. The number of aryl methyl sites for hydroxylation is 2. The number of nitrogens with zero attached hydrogens (tertiary/aromatic N) is 3. The van der Waals surface area contributed by atoms with Crippen molar-refractivity contribution in [2.24, 2.45) is 7.05 Å². The third kappa shape index (κ3) is 4.17. The molecule has 134 valence electrons. The first-order valence-electron chi connectivity index (χ1n) is 8.00. The number of amides is 1. The van der Waals surface area contributed by atoms with Gasteiger partial charge in [0.15, 0.2) is 6.10 Å². The maximum absolute atomic E-state index is 12.3. The van der Waals surface area contributed by atoms with E-state index in [0.29, 0.717) is 16.9 Å². The Bertz CT molecular complexity index is 778. The highest BCUT2D eigenvalue weighted by molar-refractivity contribution is 5.98. The van der Waals surface area contributed by atoms with Crippen LogP contribution in [0.5, 0.6) is 0 Å². The second-order valence-electron chi connectivity index (χ2n) is 6.15. The van der Waals surface area contributed by atoms with Crippen LogP contribution < -0.4 is 10.2 Å². The molecule has 1 heterocycles. The summed E-state index contributed by atoms with van der Waals surface area (Å²) in [5.74, 6) is -0.926. The van der Waals surface area contributed by atoms with E-state index in [1.54, 1.807) is 30.8 Å². The minimum Gasteiger partial charge on any atom is -0.449 e. The standard InChI is InChI=1S/C18H24N4O3/c1-11-16(12(2)22(6)20-11)19-17(23)13(3)25-18(24)14-7-9-15(10-8-14)21(4)5/h7-10,13H,1-6H3,(H,19,23)/t13-/m0/s1. The van der Waals surface area contributed by atoms with Crippen molar-refractivity contribution in [3.8, 4) is 0 Å². The van der Waals surface area contributed by atoms with E-state index in [4.69, 9.17) is 4.74 Å². The van der Waals surface area contributed by atoms with Crippen LogP contribution in [0.3, 0.4) is 0 Å². The molecule has 0 aliphatic carbocycles. The fraction of sp³-hybridized carbons (Fsp3) is 0.389. The van der Waals surface area contributed by atoms with E-state index in [2.05, 4.69) is 10.4 Å². The number of benzene rings is 1. The summed E-state index contributed by atoms with van der Waals surface area (Å²) < 4.78 is 6.95. The molecule has 1 amide bonds. The quantitative estimate of drug-likeness (QED) is 0.842. The third-order valence-corrected chi connectivity index (χ3v) is 4.03. The molecule has 0 saturated heterocycles. The van der Waals surface area contributed by atoms with Gasteiger partial charge in [-0.2, -0.15) is 5.10 Å². The lowest BCUT2D eigenvalue weighted by Gasteiger charge is -2.15. The van der Waals surface area contributed by atoms with Crippen LogP contribution in [0.15, 0.2) is 24.3 Å². The number of anilines is 2. The van der Waals surface area contributed by atoms with E-state index < -0.39 is 18.0 Å². The van der Waals surface area contributed by atoms with Crippen LogP contribution in [0.4, 0.5) is 11.4 Å². The average molecular weight is 344 g/mol. The fourth-order valence-corrected chi connectivity index (χ4v) is 2.36. The van der Waals surface area contributed by atoms with Crippen molar-refractivity contribution in [3.05, 3.63) is 41.2 Å². The molecule has 2 rings (SSSR count). The van der Waals surface area contributed by atoms with Gasteiger partial charge in [0.25, 0.3) is 5.91 Å². The molecular weight excluding hydrogens is 320 g/mol. The molecule has 7 nitrogen and oxygen atoms in total. The largest absolute Gasteiger partial charge is 0.449 e. The van der Waals surface area contributed by atoms with Gasteiger partial charge in [-0.3, -0.25) is 9.48 Å². The molecule has 0 aliphatic heterocycles. The fourth-order valence-electron chi connectivity index (χ4n) is 2.36. The SMILES string of the molecule is Cc1nn(C)c(C)c1NC(=O)[C@H](C)OC(=O)c1ccc(N(C)C)cc1. The first kappa shape index (κ1) is 18.5. The zero-order valence-corrected chi connectivity index (χ0v) is 15.5. The first-order valence-corrected chi connectivity index (χ1v) is 8.00. The number of carbonyl (C=O) groups excluding carboxylic acids is 2. The number of hydrogen-bond acceptors (Lipinski definition) is 5. The van der Waals surface area contributed by atoms with Gasteiger partial charge in [-0.05, 0) is 45.0 Å². The molecule has 0 saturated carbocycles. The van der Waals surface area contributed by atoms with E-state index >= 15 is 0 Å². The molecule has 0 spiro atoms. The van der Waals surface area contributed by atoms with Gasteiger partial charge in [-0.1, -0.05) is 0 Å². The Morgan fingerprint density at radius 3 is 2.28 bits per heavy atom. The molecular formula is C18H24N4O3. The molecule has 2 aromatic rings. The Labute approximate surface area is 147 Å². The maximum Gasteiger partial charge on any atom is 0.338 e. The minimum absolute atomic E-state index is 0.391. The highest BCUT2D eigenvalue weighted by Crippen LogP contribution is 2.19. The Morgan fingerprint density at radius 1 is 1.20 bits per heavy atom. The first-order chi connectivity index (χ1) is 11.7. The summed E-state index contributed by atoms with van der Waals surface area (Å²) >= 11 is 0. The van der Waals surface area contributed by atoms with Gasteiger partial charge >= 0.3 is 5.97 Å². The molecule has 25 heavy (non-hydrogen) atoms. The van der Waals surface area contributed by atoms with Gasteiger partial charge < -0.3 is 15.0 Å². The number of aromatic nitrogens is 2. The van der Waals surface area contributed by atoms with Crippen LogP contribution in [0.25, 0.3) is 0 Å². The Morgan fingerprint density at radius 2 is 1.80 bits per heavy atom. The third-order valence-electron chi connectivity index (χ3n) is 4.03. The van der Waals surface area contributed by atoms with Gasteiger partial charge in [-0.25, -0.2) is 4.79 Å². The van der Waals surface area contributed by atoms with Crippen molar-refractivity contribution in [1.82, 2.24) is 9.78 Å². The van der Waals surface area contributed by atoms with Gasteiger partial charge in [0.2, 0.25) is 0 Å². The summed E-state index contributed by atoms with van der Waals surface area (Å²) in [6.07, 6.45) is -0.917. The van der Waals surface area contributed by atoms with Gasteiger partial charge in [0.1, 0.15) is 0 Å². The molecule has 1 aromatic heterocycles. The molecule has 0 aliphatic rings. The molecule has 0 bridgehead atoms. The highest BCUT2D eigenvalue weighted by atomic mass is 16.5. The van der Waals surface area contributed by atoms with E-state index in [-0.39, 0.29) is 0 Å². The number of hydrogen-bond donors (Lipinski definition) is 1. The average Bonchev–Trinajstić information content (AvgIpc) is 2.81. The summed E-state index contributed by atoms with van der Waals surface area (Å²) in [6, 6.07) is 7.00. The molecule has 0 unspecified atom stereocenters. The highest BCUT2D eigenvalue weighted by Gasteiger charge is 2.21. The van der Waals surface area contributed by atoms with Crippen molar-refractivity contribution >= 4 is 23.3 Å². The summed E-state index contributed by atoms with van der Waals surface area (Å²) in [6.45, 7) is 5.21. The molecule has 1 aromatic carbocycles. The van der Waals surface area contributed by atoms with Crippen LogP contribution in [-0.2, 0) is 16.6 Å². The Hall–Kier alpha value is -2.83. The summed E-state index contributed by atoms with van der Waals surface area (Å²) in [5, 5.41) is 7.02. The van der Waals surface area contributed by atoms with Gasteiger partial charge in [0.05, 0.1) is 22.6 Å². The molecule has 7 heteroatoms. The zero-order chi connectivity index (χ0) is 18.7. The normalized spacial score (nSPS) is 11.8.